The van der Waals surface area contributed by atoms with Crippen molar-refractivity contribution in [2.75, 3.05) is 6.61 Å². The summed E-state index contributed by atoms with van der Waals surface area (Å²) in [6.07, 6.45) is 2.84. The SMILES string of the molecule is O=C(COc1ccc(OCc2ccccc2)cc1)NNC(=O)C1CCC1. The highest BCUT2D eigenvalue weighted by molar-refractivity contribution is 5.84. The topological polar surface area (TPSA) is 76.7 Å². The lowest BCUT2D eigenvalue weighted by molar-refractivity contribution is -0.133. The van der Waals surface area contributed by atoms with Crippen LogP contribution in [0.2, 0.25) is 0 Å². The Kier molecular flexibility index (Phi) is 6.09. The summed E-state index contributed by atoms with van der Waals surface area (Å²) in [6, 6.07) is 16.9. The maximum Gasteiger partial charge on any atom is 0.276 e. The maximum atomic E-state index is 11.7. The average Bonchev–Trinajstić information content (AvgIpc) is 2.63. The van der Waals surface area contributed by atoms with Gasteiger partial charge in [0.15, 0.2) is 6.61 Å². The molecule has 0 atom stereocenters. The van der Waals surface area contributed by atoms with Gasteiger partial charge in [0, 0.05) is 5.92 Å². The number of hydrogen-bond acceptors (Lipinski definition) is 4. The van der Waals surface area contributed by atoms with Crippen LogP contribution in [0.3, 0.4) is 0 Å². The van der Waals surface area contributed by atoms with Gasteiger partial charge in [-0.1, -0.05) is 36.8 Å². The second kappa shape index (κ2) is 8.89. The van der Waals surface area contributed by atoms with Gasteiger partial charge in [-0.25, -0.2) is 0 Å². The molecule has 0 saturated heterocycles. The highest BCUT2D eigenvalue weighted by atomic mass is 16.5. The molecule has 1 fully saturated rings. The van der Waals surface area contributed by atoms with E-state index in [2.05, 4.69) is 10.9 Å². The van der Waals surface area contributed by atoms with Crippen LogP contribution in [0, 0.1) is 5.92 Å². The molecule has 1 aliphatic carbocycles. The number of rotatable bonds is 7. The summed E-state index contributed by atoms with van der Waals surface area (Å²) in [5, 5.41) is 0. The Bertz CT molecular complexity index is 727. The van der Waals surface area contributed by atoms with E-state index < -0.39 is 5.91 Å². The van der Waals surface area contributed by atoms with E-state index >= 15 is 0 Å². The van der Waals surface area contributed by atoms with E-state index in [4.69, 9.17) is 9.47 Å². The molecule has 2 aromatic carbocycles. The second-order valence-corrected chi connectivity index (χ2v) is 6.20. The lowest BCUT2D eigenvalue weighted by Gasteiger charge is -2.23. The van der Waals surface area contributed by atoms with Gasteiger partial charge >= 0.3 is 0 Å². The largest absolute Gasteiger partial charge is 0.489 e. The molecule has 26 heavy (non-hydrogen) atoms. The summed E-state index contributed by atoms with van der Waals surface area (Å²) >= 11 is 0. The number of carbonyl (C=O) groups excluding carboxylic acids is 2. The van der Waals surface area contributed by atoms with Gasteiger partial charge in [-0.3, -0.25) is 20.4 Å². The lowest BCUT2D eigenvalue weighted by Crippen LogP contribution is -2.47. The normalized spacial score (nSPS) is 13.4. The van der Waals surface area contributed by atoms with Crippen molar-refractivity contribution >= 4 is 11.8 Å². The first-order chi connectivity index (χ1) is 12.7. The highest BCUT2D eigenvalue weighted by Gasteiger charge is 2.25. The predicted molar refractivity (Wildman–Crippen MR) is 96.3 cm³/mol. The van der Waals surface area contributed by atoms with Crippen LogP contribution < -0.4 is 20.3 Å². The molecule has 0 unspecified atom stereocenters. The Morgan fingerprint density at radius 1 is 0.885 bits per heavy atom. The van der Waals surface area contributed by atoms with Crippen molar-refractivity contribution in [2.45, 2.75) is 25.9 Å². The summed E-state index contributed by atoms with van der Waals surface area (Å²) in [7, 11) is 0. The van der Waals surface area contributed by atoms with Gasteiger partial charge in [-0.2, -0.15) is 0 Å². The number of benzene rings is 2. The molecule has 6 heteroatoms. The van der Waals surface area contributed by atoms with E-state index in [1.165, 1.54) is 0 Å². The third kappa shape index (κ3) is 5.24. The molecule has 1 saturated carbocycles. The molecule has 2 aromatic rings. The molecule has 0 aliphatic heterocycles. The molecular weight excluding hydrogens is 332 g/mol. The predicted octanol–water partition coefficient (Wildman–Crippen LogP) is 2.59. The van der Waals surface area contributed by atoms with Gasteiger partial charge in [0.05, 0.1) is 0 Å². The van der Waals surface area contributed by atoms with Crippen LogP contribution in [0.4, 0.5) is 0 Å². The fourth-order valence-electron chi connectivity index (χ4n) is 2.46. The van der Waals surface area contributed by atoms with Crippen molar-refractivity contribution in [1.29, 1.82) is 0 Å². The molecule has 136 valence electrons. The van der Waals surface area contributed by atoms with E-state index in [9.17, 15) is 9.59 Å². The van der Waals surface area contributed by atoms with E-state index in [0.717, 1.165) is 30.6 Å². The van der Waals surface area contributed by atoms with Gasteiger partial charge in [0.25, 0.3) is 5.91 Å². The van der Waals surface area contributed by atoms with Crippen molar-refractivity contribution in [1.82, 2.24) is 10.9 Å². The van der Waals surface area contributed by atoms with Crippen molar-refractivity contribution in [3.8, 4) is 11.5 Å². The molecule has 2 N–H and O–H groups in total. The van der Waals surface area contributed by atoms with Crippen LogP contribution in [0.1, 0.15) is 24.8 Å². The molecule has 2 amide bonds. The first-order valence-corrected chi connectivity index (χ1v) is 8.69. The third-order valence-electron chi connectivity index (χ3n) is 4.24. The molecule has 3 rings (SSSR count). The number of carbonyl (C=O) groups is 2. The average molecular weight is 354 g/mol. The minimum atomic E-state index is -0.401. The van der Waals surface area contributed by atoms with Crippen LogP contribution in [-0.4, -0.2) is 18.4 Å². The zero-order chi connectivity index (χ0) is 18.2. The van der Waals surface area contributed by atoms with Gasteiger partial charge in [0.2, 0.25) is 5.91 Å². The molecule has 0 aromatic heterocycles. The fourth-order valence-corrected chi connectivity index (χ4v) is 2.46. The van der Waals surface area contributed by atoms with Crippen molar-refractivity contribution < 1.29 is 19.1 Å². The summed E-state index contributed by atoms with van der Waals surface area (Å²) in [5.74, 6) is 0.766. The van der Waals surface area contributed by atoms with Crippen LogP contribution in [-0.2, 0) is 16.2 Å². The van der Waals surface area contributed by atoms with Crippen molar-refractivity contribution in [2.24, 2.45) is 5.92 Å². The summed E-state index contributed by atoms with van der Waals surface area (Å²) in [6.45, 7) is 0.319. The van der Waals surface area contributed by atoms with E-state index in [-0.39, 0.29) is 18.4 Å². The molecule has 0 bridgehead atoms. The molecule has 1 aliphatic rings. The van der Waals surface area contributed by atoms with Crippen LogP contribution in [0.5, 0.6) is 11.5 Å². The Labute approximate surface area is 152 Å². The molecule has 0 radical (unpaired) electrons. The highest BCUT2D eigenvalue weighted by Crippen LogP contribution is 2.25. The second-order valence-electron chi connectivity index (χ2n) is 6.20. The Morgan fingerprint density at radius 2 is 1.54 bits per heavy atom. The zero-order valence-corrected chi connectivity index (χ0v) is 14.4. The number of ether oxygens (including phenoxy) is 2. The van der Waals surface area contributed by atoms with Gasteiger partial charge in [0.1, 0.15) is 18.1 Å². The standard InChI is InChI=1S/C20H22N2O4/c23-19(21-22-20(24)16-7-4-8-16)14-26-18-11-9-17(10-12-18)25-13-15-5-2-1-3-6-15/h1-3,5-6,9-12,16H,4,7-8,13-14H2,(H,21,23)(H,22,24). The fraction of sp³-hybridized carbons (Fsp3) is 0.300. The molecule has 6 nitrogen and oxygen atoms in total. The summed E-state index contributed by atoms with van der Waals surface area (Å²) in [5.41, 5.74) is 5.88. The first kappa shape index (κ1) is 17.8. The minimum absolute atomic E-state index is 0.0275. The van der Waals surface area contributed by atoms with Gasteiger partial charge in [-0.15, -0.1) is 0 Å². The smallest absolute Gasteiger partial charge is 0.276 e. The van der Waals surface area contributed by atoms with Crippen molar-refractivity contribution in [3.63, 3.8) is 0 Å². The molecular formula is C20H22N2O4. The zero-order valence-electron chi connectivity index (χ0n) is 14.4. The first-order valence-electron chi connectivity index (χ1n) is 8.69. The van der Waals surface area contributed by atoms with E-state index in [1.54, 1.807) is 24.3 Å². The Balaban J connectivity index is 1.37. The molecule has 0 heterocycles. The quantitative estimate of drug-likeness (QED) is 0.750. The Hall–Kier alpha value is -3.02. The summed E-state index contributed by atoms with van der Waals surface area (Å²) in [4.78, 5) is 23.3. The van der Waals surface area contributed by atoms with Crippen LogP contribution >= 0.6 is 0 Å². The number of hydrazine groups is 1. The summed E-state index contributed by atoms with van der Waals surface area (Å²) < 4.78 is 11.1. The van der Waals surface area contributed by atoms with Crippen molar-refractivity contribution in [3.05, 3.63) is 60.2 Å². The van der Waals surface area contributed by atoms with E-state index in [1.807, 2.05) is 30.3 Å². The monoisotopic (exact) mass is 354 g/mol. The maximum absolute atomic E-state index is 11.7. The minimum Gasteiger partial charge on any atom is -0.489 e. The van der Waals surface area contributed by atoms with Gasteiger partial charge in [-0.05, 0) is 42.7 Å². The number of nitrogens with one attached hydrogen (secondary N) is 2. The number of amides is 2. The van der Waals surface area contributed by atoms with Crippen LogP contribution in [0.25, 0.3) is 0 Å². The number of hydrogen-bond donors (Lipinski definition) is 2. The molecule has 0 spiro atoms. The third-order valence-corrected chi connectivity index (χ3v) is 4.24. The van der Waals surface area contributed by atoms with Crippen LogP contribution in [0.15, 0.2) is 54.6 Å². The lowest BCUT2D eigenvalue weighted by atomic mass is 9.85. The van der Waals surface area contributed by atoms with E-state index in [0.29, 0.717) is 12.4 Å². The Morgan fingerprint density at radius 3 is 2.15 bits per heavy atom. The van der Waals surface area contributed by atoms with Gasteiger partial charge < -0.3 is 9.47 Å².